The van der Waals surface area contributed by atoms with E-state index in [0.29, 0.717) is 34.2 Å². The van der Waals surface area contributed by atoms with Crippen LogP contribution in [0.2, 0.25) is 5.02 Å². The molecule has 0 aliphatic heterocycles. The summed E-state index contributed by atoms with van der Waals surface area (Å²) in [5.74, 6) is 0.938. The number of benzene rings is 2. The number of nitrogens with zero attached hydrogens (tertiary/aromatic N) is 3. The lowest BCUT2D eigenvalue weighted by atomic mass is 10.2. The number of anilines is 1. The lowest BCUT2D eigenvalue weighted by Crippen LogP contribution is -2.16. The van der Waals surface area contributed by atoms with Gasteiger partial charge in [-0.2, -0.15) is 0 Å². The van der Waals surface area contributed by atoms with E-state index in [9.17, 15) is 13.2 Å². The first-order chi connectivity index (χ1) is 14.6. The Hall–Kier alpha value is -2.40. The number of amides is 1. The molecule has 3 N–H and O–H groups in total. The van der Waals surface area contributed by atoms with Crippen molar-refractivity contribution in [2.45, 2.75) is 30.4 Å². The summed E-state index contributed by atoms with van der Waals surface area (Å²) < 4.78 is 24.6. The molecule has 1 aromatic heterocycles. The fourth-order valence-corrected chi connectivity index (χ4v) is 4.18. The Bertz CT molecular complexity index is 1160. The summed E-state index contributed by atoms with van der Waals surface area (Å²) in [6.45, 7) is 4.89. The predicted octanol–water partition coefficient (Wildman–Crippen LogP) is 3.63. The minimum Gasteiger partial charge on any atom is -0.325 e. The smallest absolute Gasteiger partial charge is 0.238 e. The lowest BCUT2D eigenvalue weighted by Gasteiger charge is -2.12. The second-order valence-electron chi connectivity index (χ2n) is 7.22. The highest BCUT2D eigenvalue weighted by Crippen LogP contribution is 2.26. The van der Waals surface area contributed by atoms with E-state index in [1.165, 1.54) is 36.0 Å². The molecule has 31 heavy (non-hydrogen) atoms. The van der Waals surface area contributed by atoms with E-state index in [0.717, 1.165) is 5.56 Å². The van der Waals surface area contributed by atoms with Gasteiger partial charge in [0, 0.05) is 22.8 Å². The first-order valence-electron chi connectivity index (χ1n) is 9.38. The van der Waals surface area contributed by atoms with Gasteiger partial charge in [-0.15, -0.1) is 10.2 Å². The summed E-state index contributed by atoms with van der Waals surface area (Å²) in [6.07, 6.45) is 0. The van der Waals surface area contributed by atoms with Crippen LogP contribution in [0.25, 0.3) is 11.4 Å². The highest BCUT2D eigenvalue weighted by atomic mass is 35.5. The molecule has 3 aromatic rings. The van der Waals surface area contributed by atoms with Gasteiger partial charge in [-0.05, 0) is 54.4 Å². The first kappa shape index (κ1) is 23.3. The predicted molar refractivity (Wildman–Crippen MR) is 122 cm³/mol. The minimum absolute atomic E-state index is 0.0172. The molecule has 0 saturated carbocycles. The van der Waals surface area contributed by atoms with Crippen molar-refractivity contribution in [3.05, 3.63) is 53.6 Å². The summed E-state index contributed by atoms with van der Waals surface area (Å²) in [4.78, 5) is 12.4. The number of sulfonamides is 1. The quantitative estimate of drug-likeness (QED) is 0.476. The van der Waals surface area contributed by atoms with Crippen LogP contribution in [-0.4, -0.2) is 34.8 Å². The van der Waals surface area contributed by atoms with Crippen LogP contribution in [0.15, 0.2) is 58.6 Å². The van der Waals surface area contributed by atoms with Crippen LogP contribution in [0.4, 0.5) is 5.69 Å². The molecule has 8 nitrogen and oxygen atoms in total. The molecule has 11 heteroatoms. The molecule has 1 amide bonds. The maximum absolute atomic E-state index is 12.4. The highest BCUT2D eigenvalue weighted by Gasteiger charge is 2.17. The lowest BCUT2D eigenvalue weighted by molar-refractivity contribution is -0.113. The molecule has 3 rings (SSSR count). The Balaban J connectivity index is 1.70. The largest absolute Gasteiger partial charge is 0.325 e. The Morgan fingerprint density at radius 1 is 1.13 bits per heavy atom. The molecule has 0 saturated heterocycles. The van der Waals surface area contributed by atoms with Crippen molar-refractivity contribution in [2.75, 3.05) is 11.1 Å². The van der Waals surface area contributed by atoms with Gasteiger partial charge < -0.3 is 9.88 Å². The topological polar surface area (TPSA) is 120 Å². The third-order valence-electron chi connectivity index (χ3n) is 4.17. The van der Waals surface area contributed by atoms with E-state index in [2.05, 4.69) is 29.4 Å². The van der Waals surface area contributed by atoms with E-state index in [-0.39, 0.29) is 16.6 Å². The Morgan fingerprint density at radius 2 is 1.77 bits per heavy atom. The third kappa shape index (κ3) is 6.30. The molecule has 0 radical (unpaired) electrons. The van der Waals surface area contributed by atoms with Gasteiger partial charge in [0.05, 0.1) is 10.6 Å². The Morgan fingerprint density at radius 3 is 2.35 bits per heavy atom. The summed E-state index contributed by atoms with van der Waals surface area (Å²) >= 11 is 7.26. The zero-order valence-electron chi connectivity index (χ0n) is 16.9. The number of carbonyl (C=O) groups is 1. The van der Waals surface area contributed by atoms with Crippen molar-refractivity contribution in [1.29, 1.82) is 0 Å². The SMILES string of the molecule is CC(C)Cn1c(SCC(=O)Nc2ccc(S(N)(=O)=O)cc2)nnc1-c1ccc(Cl)cc1. The summed E-state index contributed by atoms with van der Waals surface area (Å²) in [6, 6.07) is 13.0. The van der Waals surface area contributed by atoms with Crippen molar-refractivity contribution in [2.24, 2.45) is 11.1 Å². The monoisotopic (exact) mass is 479 g/mol. The van der Waals surface area contributed by atoms with Gasteiger partial charge >= 0.3 is 0 Å². The number of nitrogens with two attached hydrogens (primary N) is 1. The van der Waals surface area contributed by atoms with Crippen LogP contribution in [0.5, 0.6) is 0 Å². The van der Waals surface area contributed by atoms with E-state index < -0.39 is 10.0 Å². The Kier molecular flexibility index (Phi) is 7.37. The van der Waals surface area contributed by atoms with Gasteiger partial charge in [0.1, 0.15) is 0 Å². The maximum atomic E-state index is 12.4. The van der Waals surface area contributed by atoms with Crippen LogP contribution >= 0.6 is 23.4 Å². The maximum Gasteiger partial charge on any atom is 0.238 e. The molecule has 2 aromatic carbocycles. The number of nitrogens with one attached hydrogen (secondary N) is 1. The second-order valence-corrected chi connectivity index (χ2v) is 10.2. The molecule has 1 heterocycles. The Labute approximate surface area is 190 Å². The summed E-state index contributed by atoms with van der Waals surface area (Å²) in [7, 11) is -3.77. The average molecular weight is 480 g/mol. The number of aromatic nitrogens is 3. The summed E-state index contributed by atoms with van der Waals surface area (Å²) in [5, 5.41) is 17.7. The minimum atomic E-state index is -3.77. The van der Waals surface area contributed by atoms with Crippen molar-refractivity contribution >= 4 is 45.0 Å². The van der Waals surface area contributed by atoms with E-state index in [1.54, 1.807) is 12.1 Å². The molecular formula is C20H22ClN5O3S2. The zero-order valence-corrected chi connectivity index (χ0v) is 19.3. The van der Waals surface area contributed by atoms with Gasteiger partial charge in [-0.3, -0.25) is 4.79 Å². The fourth-order valence-electron chi connectivity index (χ4n) is 2.79. The molecule has 0 bridgehead atoms. The zero-order chi connectivity index (χ0) is 22.6. The average Bonchev–Trinajstić information content (AvgIpc) is 3.08. The molecule has 0 aliphatic rings. The first-order valence-corrected chi connectivity index (χ1v) is 12.3. The number of carbonyl (C=O) groups excluding carboxylic acids is 1. The molecule has 0 fully saturated rings. The van der Waals surface area contributed by atoms with Crippen molar-refractivity contribution in [3.8, 4) is 11.4 Å². The normalized spacial score (nSPS) is 11.6. The number of hydrogen-bond donors (Lipinski definition) is 2. The molecule has 164 valence electrons. The highest BCUT2D eigenvalue weighted by molar-refractivity contribution is 7.99. The molecule has 0 aliphatic carbocycles. The number of rotatable bonds is 8. The van der Waals surface area contributed by atoms with Crippen molar-refractivity contribution < 1.29 is 13.2 Å². The van der Waals surface area contributed by atoms with E-state index >= 15 is 0 Å². The van der Waals surface area contributed by atoms with E-state index in [1.807, 2.05) is 16.7 Å². The number of thioether (sulfide) groups is 1. The van der Waals surface area contributed by atoms with Crippen LogP contribution in [0.3, 0.4) is 0 Å². The van der Waals surface area contributed by atoms with Gasteiger partial charge in [-0.25, -0.2) is 13.6 Å². The van der Waals surface area contributed by atoms with Crippen LogP contribution in [0.1, 0.15) is 13.8 Å². The van der Waals surface area contributed by atoms with E-state index in [4.69, 9.17) is 16.7 Å². The van der Waals surface area contributed by atoms with Crippen molar-refractivity contribution in [3.63, 3.8) is 0 Å². The number of halogens is 1. The number of hydrogen-bond acceptors (Lipinski definition) is 6. The van der Waals surface area contributed by atoms with Gasteiger partial charge in [-0.1, -0.05) is 37.2 Å². The van der Waals surface area contributed by atoms with Gasteiger partial charge in [0.2, 0.25) is 15.9 Å². The van der Waals surface area contributed by atoms with Crippen molar-refractivity contribution in [1.82, 2.24) is 14.8 Å². The third-order valence-corrected chi connectivity index (χ3v) is 6.31. The second kappa shape index (κ2) is 9.82. The fraction of sp³-hybridized carbons (Fsp3) is 0.250. The molecule has 0 unspecified atom stereocenters. The van der Waals surface area contributed by atoms with Gasteiger partial charge in [0.15, 0.2) is 11.0 Å². The van der Waals surface area contributed by atoms with Crippen LogP contribution < -0.4 is 10.5 Å². The van der Waals surface area contributed by atoms with Crippen LogP contribution in [-0.2, 0) is 21.4 Å². The van der Waals surface area contributed by atoms with Gasteiger partial charge in [0.25, 0.3) is 0 Å². The van der Waals surface area contributed by atoms with Crippen LogP contribution in [0, 0.1) is 5.92 Å². The molecule has 0 spiro atoms. The summed E-state index contributed by atoms with van der Waals surface area (Å²) in [5.41, 5.74) is 1.37. The standard InChI is InChI=1S/C20H22ClN5O3S2/c1-13(2)11-26-19(14-3-5-15(21)6-4-14)24-25-20(26)30-12-18(27)23-16-7-9-17(10-8-16)31(22,28)29/h3-10,13H,11-12H2,1-2H3,(H,23,27)(H2,22,28,29). The molecule has 0 atom stereocenters. The number of primary sulfonamides is 1. The molecular weight excluding hydrogens is 458 g/mol.